The van der Waals surface area contributed by atoms with E-state index in [1.807, 2.05) is 98.8 Å². The number of ether oxygens (including phenoxy) is 1. The third-order valence-electron chi connectivity index (χ3n) is 5.63. The molecule has 0 spiro atoms. The first-order valence-electron chi connectivity index (χ1n) is 10.0. The number of benzene rings is 3. The van der Waals surface area contributed by atoms with E-state index in [0.29, 0.717) is 6.42 Å². The number of carbonyl (C=O) groups is 2. The number of carbonyl (C=O) groups excluding carboxylic acids is 2. The second kappa shape index (κ2) is 9.40. The van der Waals surface area contributed by atoms with E-state index in [9.17, 15) is 9.59 Å². The molecule has 1 atom stereocenters. The van der Waals surface area contributed by atoms with Crippen molar-refractivity contribution < 1.29 is 14.3 Å². The molecule has 30 heavy (non-hydrogen) atoms. The summed E-state index contributed by atoms with van der Waals surface area (Å²) in [5, 5.41) is 2.97. The number of aryl methyl sites for hydroxylation is 1. The van der Waals surface area contributed by atoms with Crippen LogP contribution in [-0.4, -0.2) is 25.0 Å². The highest BCUT2D eigenvalue weighted by Crippen LogP contribution is 2.32. The molecule has 4 heteroatoms. The van der Waals surface area contributed by atoms with E-state index in [1.54, 1.807) is 0 Å². The molecule has 0 saturated carbocycles. The van der Waals surface area contributed by atoms with Gasteiger partial charge < -0.3 is 10.1 Å². The van der Waals surface area contributed by atoms with Gasteiger partial charge in [-0.05, 0) is 36.1 Å². The maximum absolute atomic E-state index is 13.7. The van der Waals surface area contributed by atoms with Crippen LogP contribution in [0.2, 0.25) is 0 Å². The highest BCUT2D eigenvalue weighted by molar-refractivity contribution is 5.94. The number of esters is 1. The average Bonchev–Trinajstić information content (AvgIpc) is 2.80. The largest absolute Gasteiger partial charge is 0.467 e. The Morgan fingerprint density at radius 2 is 1.37 bits per heavy atom. The molecule has 0 radical (unpaired) electrons. The SMILES string of the molecule is COC(=O)[C@@H](Cc1ccccc1C)NC(=O)C(C)(c1ccccc1)c1ccccc1. The Bertz CT molecular complexity index is 960. The van der Waals surface area contributed by atoms with E-state index < -0.39 is 17.4 Å². The molecule has 0 aliphatic carbocycles. The first-order chi connectivity index (χ1) is 14.5. The summed E-state index contributed by atoms with van der Waals surface area (Å²) >= 11 is 0. The Morgan fingerprint density at radius 1 is 0.867 bits per heavy atom. The van der Waals surface area contributed by atoms with E-state index in [2.05, 4.69) is 5.32 Å². The van der Waals surface area contributed by atoms with E-state index in [1.165, 1.54) is 7.11 Å². The summed E-state index contributed by atoms with van der Waals surface area (Å²) in [4.78, 5) is 26.2. The van der Waals surface area contributed by atoms with Gasteiger partial charge in [0.25, 0.3) is 0 Å². The smallest absolute Gasteiger partial charge is 0.328 e. The van der Waals surface area contributed by atoms with Crippen LogP contribution in [0.3, 0.4) is 0 Å². The van der Waals surface area contributed by atoms with E-state index in [4.69, 9.17) is 4.74 Å². The molecule has 1 amide bonds. The van der Waals surface area contributed by atoms with E-state index in [0.717, 1.165) is 22.3 Å². The maximum atomic E-state index is 13.7. The maximum Gasteiger partial charge on any atom is 0.328 e. The van der Waals surface area contributed by atoms with Gasteiger partial charge in [-0.15, -0.1) is 0 Å². The molecule has 0 aliphatic heterocycles. The van der Waals surface area contributed by atoms with Crippen molar-refractivity contribution >= 4 is 11.9 Å². The summed E-state index contributed by atoms with van der Waals surface area (Å²) in [7, 11) is 1.34. The molecule has 0 aromatic heterocycles. The highest BCUT2D eigenvalue weighted by Gasteiger charge is 2.39. The Kier molecular flexibility index (Phi) is 6.68. The Labute approximate surface area is 177 Å². The van der Waals surface area contributed by atoms with Gasteiger partial charge in [-0.1, -0.05) is 84.9 Å². The molecule has 154 valence electrons. The molecule has 0 bridgehead atoms. The van der Waals surface area contributed by atoms with Crippen LogP contribution < -0.4 is 5.32 Å². The molecule has 0 aliphatic rings. The summed E-state index contributed by atoms with van der Waals surface area (Å²) in [5.74, 6) is -0.709. The zero-order valence-corrected chi connectivity index (χ0v) is 17.6. The lowest BCUT2D eigenvalue weighted by molar-refractivity contribution is -0.145. The number of hydrogen-bond donors (Lipinski definition) is 1. The van der Waals surface area contributed by atoms with Crippen molar-refractivity contribution in [1.29, 1.82) is 0 Å². The van der Waals surface area contributed by atoms with Gasteiger partial charge in [-0.3, -0.25) is 4.79 Å². The van der Waals surface area contributed by atoms with E-state index >= 15 is 0 Å². The lowest BCUT2D eigenvalue weighted by Crippen LogP contribution is -2.51. The van der Waals surface area contributed by atoms with Crippen LogP contribution in [0.1, 0.15) is 29.2 Å². The molecule has 0 saturated heterocycles. The number of nitrogens with one attached hydrogen (secondary N) is 1. The lowest BCUT2D eigenvalue weighted by atomic mass is 9.75. The van der Waals surface area contributed by atoms with Gasteiger partial charge in [0, 0.05) is 6.42 Å². The van der Waals surface area contributed by atoms with E-state index in [-0.39, 0.29) is 5.91 Å². The summed E-state index contributed by atoms with van der Waals surface area (Å²) in [6.45, 7) is 3.87. The van der Waals surface area contributed by atoms with Gasteiger partial charge in [0.2, 0.25) is 5.91 Å². The minimum absolute atomic E-state index is 0.246. The standard InChI is InChI=1S/C26H27NO3/c1-19-12-10-11-13-20(19)18-23(24(28)30-3)27-25(29)26(2,21-14-6-4-7-15-21)22-16-8-5-9-17-22/h4-17,23H,18H2,1-3H3,(H,27,29)/t23-/m1/s1. The summed E-state index contributed by atoms with van der Waals surface area (Å²) in [6.07, 6.45) is 0.366. The van der Waals surface area contributed by atoms with Crippen molar-refractivity contribution in [2.75, 3.05) is 7.11 Å². The Morgan fingerprint density at radius 3 is 1.87 bits per heavy atom. The first-order valence-corrected chi connectivity index (χ1v) is 10.0. The van der Waals surface area contributed by atoms with Crippen molar-refractivity contribution in [2.45, 2.75) is 31.7 Å². The molecule has 4 nitrogen and oxygen atoms in total. The minimum atomic E-state index is -0.958. The van der Waals surface area contributed by atoms with Gasteiger partial charge in [-0.25, -0.2) is 4.79 Å². The molecule has 3 aromatic rings. The highest BCUT2D eigenvalue weighted by atomic mass is 16.5. The Balaban J connectivity index is 1.97. The van der Waals surface area contributed by atoms with Gasteiger partial charge in [0.1, 0.15) is 6.04 Å². The fourth-order valence-electron chi connectivity index (χ4n) is 3.67. The van der Waals surface area contributed by atoms with Gasteiger partial charge in [0.05, 0.1) is 12.5 Å². The topological polar surface area (TPSA) is 55.4 Å². The summed E-state index contributed by atoms with van der Waals surface area (Å²) in [6, 6.07) is 26.3. The average molecular weight is 402 g/mol. The molecular weight excluding hydrogens is 374 g/mol. The fourth-order valence-corrected chi connectivity index (χ4v) is 3.67. The van der Waals surface area contributed by atoms with Gasteiger partial charge in [0.15, 0.2) is 0 Å². The monoisotopic (exact) mass is 401 g/mol. The zero-order chi connectivity index (χ0) is 21.6. The van der Waals surface area contributed by atoms with Gasteiger partial charge >= 0.3 is 5.97 Å². The molecule has 0 unspecified atom stereocenters. The van der Waals surface area contributed by atoms with Crippen LogP contribution in [-0.2, 0) is 26.2 Å². The number of methoxy groups -OCH3 is 1. The lowest BCUT2D eigenvalue weighted by Gasteiger charge is -2.31. The quantitative estimate of drug-likeness (QED) is 0.604. The summed E-state index contributed by atoms with van der Waals surface area (Å²) < 4.78 is 5.00. The van der Waals surface area contributed by atoms with Crippen LogP contribution >= 0.6 is 0 Å². The molecule has 0 heterocycles. The third-order valence-corrected chi connectivity index (χ3v) is 5.63. The third kappa shape index (κ3) is 4.43. The predicted octanol–water partition coefficient (Wildman–Crippen LogP) is 4.20. The van der Waals surface area contributed by atoms with Crippen LogP contribution in [0, 0.1) is 6.92 Å². The predicted molar refractivity (Wildman–Crippen MR) is 118 cm³/mol. The Hall–Kier alpha value is -3.40. The summed E-state index contributed by atoms with van der Waals surface area (Å²) in [5.41, 5.74) is 2.81. The van der Waals surface area contributed by atoms with Crippen LogP contribution in [0.5, 0.6) is 0 Å². The second-order valence-corrected chi connectivity index (χ2v) is 7.54. The van der Waals surface area contributed by atoms with Crippen molar-refractivity contribution in [3.63, 3.8) is 0 Å². The normalized spacial score (nSPS) is 12.1. The van der Waals surface area contributed by atoms with Gasteiger partial charge in [-0.2, -0.15) is 0 Å². The molecule has 3 rings (SSSR count). The molecular formula is C26H27NO3. The zero-order valence-electron chi connectivity index (χ0n) is 17.6. The van der Waals surface area contributed by atoms with Crippen molar-refractivity contribution in [3.8, 4) is 0 Å². The number of hydrogen-bond acceptors (Lipinski definition) is 3. The van der Waals surface area contributed by atoms with Crippen LogP contribution in [0.15, 0.2) is 84.9 Å². The number of rotatable bonds is 7. The molecule has 1 N–H and O–H groups in total. The first kappa shape index (κ1) is 21.3. The fraction of sp³-hybridized carbons (Fsp3) is 0.231. The minimum Gasteiger partial charge on any atom is -0.467 e. The number of amides is 1. The molecule has 0 fully saturated rings. The second-order valence-electron chi connectivity index (χ2n) is 7.54. The van der Waals surface area contributed by atoms with Crippen molar-refractivity contribution in [3.05, 3.63) is 107 Å². The van der Waals surface area contributed by atoms with Crippen LogP contribution in [0.25, 0.3) is 0 Å². The van der Waals surface area contributed by atoms with Crippen molar-refractivity contribution in [2.24, 2.45) is 0 Å². The molecule has 3 aromatic carbocycles. The van der Waals surface area contributed by atoms with Crippen LogP contribution in [0.4, 0.5) is 0 Å². The van der Waals surface area contributed by atoms with Crippen molar-refractivity contribution in [1.82, 2.24) is 5.32 Å².